The summed E-state index contributed by atoms with van der Waals surface area (Å²) in [5.41, 5.74) is 0.908. The maximum absolute atomic E-state index is 10.4. The van der Waals surface area contributed by atoms with Gasteiger partial charge >= 0.3 is 0 Å². The highest BCUT2D eigenvalue weighted by Crippen LogP contribution is 2.20. The van der Waals surface area contributed by atoms with E-state index in [0.717, 1.165) is 5.56 Å². The molecule has 78 valence electrons. The Hall–Kier alpha value is -0.840. The Balaban J connectivity index is 0.00000169. The first-order valence-electron chi connectivity index (χ1n) is 3.85. The lowest BCUT2D eigenvalue weighted by atomic mass is 10.2. The van der Waals surface area contributed by atoms with Crippen molar-refractivity contribution in [2.75, 3.05) is 7.05 Å². The number of rotatable bonds is 3. The topological polar surface area (TPSA) is 59.8 Å². The van der Waals surface area contributed by atoms with E-state index >= 15 is 0 Å². The summed E-state index contributed by atoms with van der Waals surface area (Å²) in [5.74, 6) is 0. The highest BCUT2D eigenvalue weighted by Gasteiger charge is 2.08. The fourth-order valence-electron chi connectivity index (χ4n) is 1.09. The van der Waals surface area contributed by atoms with E-state index in [4.69, 9.17) is 11.6 Å². The molecule has 0 unspecified atom stereocenters. The van der Waals surface area contributed by atoms with Crippen LogP contribution in [0.1, 0.15) is 5.56 Å². The molecule has 0 aliphatic carbocycles. The SMILES string of the molecule is C[NH2+]Cc1cc(Cl)cc([N+](=O)[O-])c1.[Cl-]. The number of halogens is 2. The predicted molar refractivity (Wildman–Crippen MR) is 49.7 cm³/mol. The number of nitro groups is 1. The zero-order valence-electron chi connectivity index (χ0n) is 7.54. The molecule has 0 aliphatic heterocycles. The average molecular weight is 237 g/mol. The molecular weight excluding hydrogens is 227 g/mol. The Morgan fingerprint density at radius 1 is 1.50 bits per heavy atom. The summed E-state index contributed by atoms with van der Waals surface area (Å²) in [6.07, 6.45) is 0. The van der Waals surface area contributed by atoms with Crippen LogP contribution in [-0.2, 0) is 6.54 Å². The Bertz CT molecular complexity index is 331. The molecule has 0 aromatic heterocycles. The van der Waals surface area contributed by atoms with Crippen molar-refractivity contribution in [2.24, 2.45) is 0 Å². The quantitative estimate of drug-likeness (QED) is 0.485. The molecule has 2 N–H and O–H groups in total. The second-order valence-electron chi connectivity index (χ2n) is 2.69. The van der Waals surface area contributed by atoms with E-state index in [-0.39, 0.29) is 18.1 Å². The van der Waals surface area contributed by atoms with Crippen LogP contribution in [0.3, 0.4) is 0 Å². The van der Waals surface area contributed by atoms with Crippen LogP contribution in [0.25, 0.3) is 0 Å². The molecule has 0 fully saturated rings. The van der Waals surface area contributed by atoms with E-state index in [0.29, 0.717) is 11.6 Å². The number of quaternary nitrogens is 1. The Kier molecular flexibility index (Phi) is 5.45. The van der Waals surface area contributed by atoms with Gasteiger partial charge in [-0.25, -0.2) is 0 Å². The molecule has 0 radical (unpaired) electrons. The maximum Gasteiger partial charge on any atom is 0.271 e. The van der Waals surface area contributed by atoms with Crippen molar-refractivity contribution < 1.29 is 22.6 Å². The summed E-state index contributed by atoms with van der Waals surface area (Å²) in [4.78, 5) is 10.0. The van der Waals surface area contributed by atoms with E-state index in [1.165, 1.54) is 12.1 Å². The van der Waals surface area contributed by atoms with Gasteiger partial charge in [-0.1, -0.05) is 11.6 Å². The lowest BCUT2D eigenvalue weighted by Gasteiger charge is -1.98. The number of nitrogens with zero attached hydrogens (tertiary/aromatic N) is 1. The molecule has 0 saturated heterocycles. The van der Waals surface area contributed by atoms with Crippen molar-refractivity contribution in [1.29, 1.82) is 0 Å². The highest BCUT2D eigenvalue weighted by atomic mass is 35.5. The zero-order chi connectivity index (χ0) is 9.84. The molecule has 0 atom stereocenters. The number of benzene rings is 1. The first kappa shape index (κ1) is 13.2. The van der Waals surface area contributed by atoms with E-state index in [1.54, 1.807) is 6.07 Å². The number of nitro benzene ring substituents is 1. The fraction of sp³-hybridized carbons (Fsp3) is 0.250. The van der Waals surface area contributed by atoms with Crippen LogP contribution in [0.15, 0.2) is 18.2 Å². The lowest BCUT2D eigenvalue weighted by molar-refractivity contribution is -0.643. The molecule has 0 aliphatic rings. The summed E-state index contributed by atoms with van der Waals surface area (Å²) < 4.78 is 0. The van der Waals surface area contributed by atoms with Crippen LogP contribution in [0.2, 0.25) is 5.02 Å². The van der Waals surface area contributed by atoms with Crippen molar-refractivity contribution in [2.45, 2.75) is 6.54 Å². The molecular formula is C8H10Cl2N2O2. The minimum atomic E-state index is -0.439. The van der Waals surface area contributed by atoms with Gasteiger partial charge in [0.1, 0.15) is 6.54 Å². The van der Waals surface area contributed by atoms with Crippen molar-refractivity contribution >= 4 is 17.3 Å². The van der Waals surface area contributed by atoms with Gasteiger partial charge in [0.25, 0.3) is 5.69 Å². The van der Waals surface area contributed by atoms with Crippen LogP contribution in [0, 0.1) is 10.1 Å². The third-order valence-corrected chi connectivity index (χ3v) is 1.81. The molecule has 0 amide bonds. The number of nitrogens with two attached hydrogens (primary N) is 1. The predicted octanol–water partition coefficient (Wildman–Crippen LogP) is -2.05. The number of non-ortho nitro benzene ring substituents is 1. The van der Waals surface area contributed by atoms with Crippen LogP contribution in [0.4, 0.5) is 5.69 Å². The largest absolute Gasteiger partial charge is 1.00 e. The third kappa shape index (κ3) is 3.49. The first-order valence-corrected chi connectivity index (χ1v) is 4.23. The van der Waals surface area contributed by atoms with Gasteiger partial charge in [0.15, 0.2) is 0 Å². The summed E-state index contributed by atoms with van der Waals surface area (Å²) in [7, 11) is 1.90. The maximum atomic E-state index is 10.4. The summed E-state index contributed by atoms with van der Waals surface area (Å²) >= 11 is 5.71. The van der Waals surface area contributed by atoms with Crippen molar-refractivity contribution in [3.63, 3.8) is 0 Å². The highest BCUT2D eigenvalue weighted by molar-refractivity contribution is 6.30. The van der Waals surface area contributed by atoms with E-state index in [1.807, 2.05) is 12.4 Å². The minimum absolute atomic E-state index is 0. The van der Waals surface area contributed by atoms with Crippen LogP contribution in [0.5, 0.6) is 0 Å². The fourth-order valence-corrected chi connectivity index (χ4v) is 1.34. The lowest BCUT2D eigenvalue weighted by Crippen LogP contribution is -3.00. The Morgan fingerprint density at radius 3 is 2.64 bits per heavy atom. The molecule has 6 heteroatoms. The summed E-state index contributed by atoms with van der Waals surface area (Å²) in [5, 5.41) is 12.8. The van der Waals surface area contributed by atoms with E-state index in [9.17, 15) is 10.1 Å². The van der Waals surface area contributed by atoms with Gasteiger partial charge in [-0.05, 0) is 6.07 Å². The van der Waals surface area contributed by atoms with Crippen molar-refractivity contribution in [3.05, 3.63) is 38.9 Å². The molecule has 14 heavy (non-hydrogen) atoms. The van der Waals surface area contributed by atoms with Gasteiger partial charge in [-0.3, -0.25) is 10.1 Å². The molecule has 0 saturated carbocycles. The van der Waals surface area contributed by atoms with Gasteiger partial charge in [0.05, 0.1) is 12.0 Å². The first-order chi connectivity index (χ1) is 6.13. The van der Waals surface area contributed by atoms with E-state index in [2.05, 4.69) is 0 Å². The van der Waals surface area contributed by atoms with Gasteiger partial charge in [0, 0.05) is 22.7 Å². The summed E-state index contributed by atoms with van der Waals surface area (Å²) in [6, 6.07) is 4.61. The minimum Gasteiger partial charge on any atom is -1.00 e. The molecule has 1 aromatic rings. The van der Waals surface area contributed by atoms with Crippen LogP contribution < -0.4 is 17.7 Å². The number of hydrogen-bond donors (Lipinski definition) is 1. The Morgan fingerprint density at radius 2 is 2.14 bits per heavy atom. The number of hydrogen-bond acceptors (Lipinski definition) is 2. The smallest absolute Gasteiger partial charge is 0.271 e. The molecule has 1 rings (SSSR count). The standard InChI is InChI=1S/C8H9ClN2O2.ClH/c1-10-5-6-2-7(9)4-8(3-6)11(12)13;/h2-4,10H,5H2,1H3;1H. The molecule has 4 nitrogen and oxygen atoms in total. The zero-order valence-corrected chi connectivity index (χ0v) is 9.05. The second-order valence-corrected chi connectivity index (χ2v) is 3.12. The molecule has 0 spiro atoms. The molecule has 0 bridgehead atoms. The van der Waals surface area contributed by atoms with Crippen LogP contribution in [-0.4, -0.2) is 12.0 Å². The average Bonchev–Trinajstić information content (AvgIpc) is 2.03. The van der Waals surface area contributed by atoms with Gasteiger partial charge in [-0.2, -0.15) is 0 Å². The third-order valence-electron chi connectivity index (χ3n) is 1.59. The summed E-state index contributed by atoms with van der Waals surface area (Å²) in [6.45, 7) is 0.696. The molecule has 0 heterocycles. The normalized spacial score (nSPS) is 9.29. The monoisotopic (exact) mass is 236 g/mol. The van der Waals surface area contributed by atoms with E-state index < -0.39 is 4.92 Å². The van der Waals surface area contributed by atoms with Gasteiger partial charge in [0.2, 0.25) is 0 Å². The van der Waals surface area contributed by atoms with Gasteiger partial charge in [-0.15, -0.1) is 0 Å². The van der Waals surface area contributed by atoms with Crippen LogP contribution >= 0.6 is 11.6 Å². The van der Waals surface area contributed by atoms with Gasteiger partial charge < -0.3 is 17.7 Å². The van der Waals surface area contributed by atoms with Crippen molar-refractivity contribution in [1.82, 2.24) is 0 Å². The Labute approximate surface area is 92.8 Å². The molecule has 1 aromatic carbocycles. The van der Waals surface area contributed by atoms with Crippen molar-refractivity contribution in [3.8, 4) is 0 Å². The second kappa shape index (κ2) is 5.80.